The predicted octanol–water partition coefficient (Wildman–Crippen LogP) is 0.308. The first-order chi connectivity index (χ1) is 6.67. The minimum Gasteiger partial charge on any atom is -0.480 e. The average Bonchev–Trinajstić information content (AvgIpc) is 2.52. The largest absolute Gasteiger partial charge is 0.480 e. The predicted molar refractivity (Wildman–Crippen MR) is 51.0 cm³/mol. The zero-order valence-electron chi connectivity index (χ0n) is 8.28. The summed E-state index contributed by atoms with van der Waals surface area (Å²) in [6.45, 7) is 1.46. The number of carbonyl (C=O) groups is 1. The molecule has 0 amide bonds. The molecule has 1 saturated heterocycles. The van der Waals surface area contributed by atoms with Crippen LogP contribution in [0.4, 0.5) is 0 Å². The van der Waals surface area contributed by atoms with Crippen LogP contribution in [0.5, 0.6) is 0 Å². The van der Waals surface area contributed by atoms with Crippen molar-refractivity contribution in [3.8, 4) is 0 Å². The molecule has 1 aliphatic carbocycles. The molecule has 0 radical (unpaired) electrons. The lowest BCUT2D eigenvalue weighted by molar-refractivity contribution is -0.151. The quantitative estimate of drug-likeness (QED) is 0.686. The summed E-state index contributed by atoms with van der Waals surface area (Å²) in [6, 6.07) is -0.679. The molecule has 1 spiro atoms. The van der Waals surface area contributed by atoms with Gasteiger partial charge in [0.2, 0.25) is 0 Å². The van der Waals surface area contributed by atoms with Gasteiger partial charge >= 0.3 is 5.97 Å². The van der Waals surface area contributed by atoms with Gasteiger partial charge in [0, 0.05) is 13.1 Å². The monoisotopic (exact) mass is 199 g/mol. The smallest absolute Gasteiger partial charge is 0.323 e. The Morgan fingerprint density at radius 2 is 1.93 bits per heavy atom. The number of hydrogen-bond donors (Lipinski definition) is 2. The molecule has 1 aliphatic heterocycles. The fourth-order valence-corrected chi connectivity index (χ4v) is 2.83. The number of rotatable bonds is 3. The third-order valence-corrected chi connectivity index (χ3v) is 3.64. The molecule has 0 bridgehead atoms. The molecule has 14 heavy (non-hydrogen) atoms. The van der Waals surface area contributed by atoms with Gasteiger partial charge in [0.05, 0.1) is 6.61 Å². The van der Waals surface area contributed by atoms with Crippen molar-refractivity contribution in [2.24, 2.45) is 5.41 Å². The van der Waals surface area contributed by atoms with Crippen molar-refractivity contribution in [3.63, 3.8) is 0 Å². The van der Waals surface area contributed by atoms with E-state index in [2.05, 4.69) is 0 Å². The number of nitrogens with zero attached hydrogens (tertiary/aromatic N) is 1. The van der Waals surface area contributed by atoms with Crippen LogP contribution in [0.3, 0.4) is 0 Å². The van der Waals surface area contributed by atoms with Gasteiger partial charge in [-0.1, -0.05) is 12.8 Å². The lowest BCUT2D eigenvalue weighted by Gasteiger charge is -2.50. The van der Waals surface area contributed by atoms with Crippen LogP contribution >= 0.6 is 0 Å². The van der Waals surface area contributed by atoms with Crippen molar-refractivity contribution < 1.29 is 15.0 Å². The van der Waals surface area contributed by atoms with E-state index < -0.39 is 12.0 Å². The van der Waals surface area contributed by atoms with Crippen LogP contribution in [0.15, 0.2) is 0 Å². The zero-order valence-corrected chi connectivity index (χ0v) is 8.28. The summed E-state index contributed by atoms with van der Waals surface area (Å²) in [5.74, 6) is -0.902. The van der Waals surface area contributed by atoms with Crippen LogP contribution in [0.2, 0.25) is 0 Å². The third-order valence-electron chi connectivity index (χ3n) is 3.64. The molecule has 80 valence electrons. The molecule has 1 atom stereocenters. The number of carboxylic acids is 1. The molecule has 0 aromatic carbocycles. The number of carboxylic acid groups (broad SMARTS) is 1. The number of aliphatic carboxylic acids is 1. The highest BCUT2D eigenvalue weighted by molar-refractivity contribution is 5.73. The second-order valence-corrected chi connectivity index (χ2v) is 4.65. The van der Waals surface area contributed by atoms with Gasteiger partial charge in [-0.25, -0.2) is 0 Å². The van der Waals surface area contributed by atoms with Crippen LogP contribution in [-0.2, 0) is 4.79 Å². The summed E-state index contributed by atoms with van der Waals surface area (Å²) in [5, 5.41) is 17.8. The van der Waals surface area contributed by atoms with E-state index in [1.807, 2.05) is 4.90 Å². The highest BCUT2D eigenvalue weighted by Gasteiger charge is 2.48. The van der Waals surface area contributed by atoms with Gasteiger partial charge in [-0.05, 0) is 18.3 Å². The van der Waals surface area contributed by atoms with Crippen LogP contribution in [0.25, 0.3) is 0 Å². The summed E-state index contributed by atoms with van der Waals surface area (Å²) in [4.78, 5) is 12.6. The van der Waals surface area contributed by atoms with Gasteiger partial charge in [-0.15, -0.1) is 0 Å². The lowest BCUT2D eigenvalue weighted by atomic mass is 9.77. The van der Waals surface area contributed by atoms with Gasteiger partial charge < -0.3 is 10.2 Å². The fourth-order valence-electron chi connectivity index (χ4n) is 2.83. The topological polar surface area (TPSA) is 60.8 Å². The minimum atomic E-state index is -0.902. The Labute approximate surface area is 83.5 Å². The van der Waals surface area contributed by atoms with Crippen LogP contribution < -0.4 is 0 Å². The molecule has 0 aromatic rings. The zero-order chi connectivity index (χ0) is 10.2. The Balaban J connectivity index is 1.89. The van der Waals surface area contributed by atoms with Crippen molar-refractivity contribution >= 4 is 5.97 Å². The number of hydrogen-bond acceptors (Lipinski definition) is 3. The lowest BCUT2D eigenvalue weighted by Crippen LogP contribution is -2.61. The number of aliphatic hydroxyl groups is 1. The highest BCUT2D eigenvalue weighted by Crippen LogP contribution is 2.45. The van der Waals surface area contributed by atoms with E-state index in [1.54, 1.807) is 0 Å². The SMILES string of the molecule is O=C(O)C(CO)N1CC2(CCCC2)C1. The van der Waals surface area contributed by atoms with Gasteiger partial charge in [-0.3, -0.25) is 9.69 Å². The van der Waals surface area contributed by atoms with Gasteiger partial charge in [0.25, 0.3) is 0 Å². The fraction of sp³-hybridized carbons (Fsp3) is 0.900. The van der Waals surface area contributed by atoms with Crippen molar-refractivity contribution in [2.45, 2.75) is 31.7 Å². The molecule has 0 aromatic heterocycles. The van der Waals surface area contributed by atoms with Crippen LogP contribution in [-0.4, -0.2) is 46.8 Å². The number of aliphatic hydroxyl groups excluding tert-OH is 1. The molecular formula is C10H17NO3. The van der Waals surface area contributed by atoms with Gasteiger partial charge in [0.1, 0.15) is 6.04 Å². The summed E-state index contributed by atoms with van der Waals surface area (Å²) >= 11 is 0. The van der Waals surface area contributed by atoms with Crippen molar-refractivity contribution in [1.29, 1.82) is 0 Å². The van der Waals surface area contributed by atoms with Gasteiger partial charge in [0.15, 0.2) is 0 Å². The summed E-state index contributed by atoms with van der Waals surface area (Å²) < 4.78 is 0. The standard InChI is InChI=1S/C10H17NO3/c12-5-8(9(13)14)11-6-10(7-11)3-1-2-4-10/h8,12H,1-7H2,(H,13,14). The Bertz CT molecular complexity index is 228. The van der Waals surface area contributed by atoms with Crippen molar-refractivity contribution in [2.75, 3.05) is 19.7 Å². The second kappa shape index (κ2) is 3.51. The molecule has 2 aliphatic rings. The third kappa shape index (κ3) is 1.53. The van der Waals surface area contributed by atoms with E-state index in [1.165, 1.54) is 25.7 Å². The molecule has 4 nitrogen and oxygen atoms in total. The summed E-state index contributed by atoms with van der Waals surface area (Å²) in [7, 11) is 0. The first-order valence-corrected chi connectivity index (χ1v) is 5.25. The van der Waals surface area contributed by atoms with E-state index in [-0.39, 0.29) is 6.61 Å². The summed E-state index contributed by atoms with van der Waals surface area (Å²) in [5.41, 5.74) is 0.406. The average molecular weight is 199 g/mol. The molecule has 4 heteroatoms. The maximum Gasteiger partial charge on any atom is 0.323 e. The van der Waals surface area contributed by atoms with E-state index >= 15 is 0 Å². The molecule has 1 saturated carbocycles. The molecule has 2 fully saturated rings. The first kappa shape index (κ1) is 9.93. The maximum absolute atomic E-state index is 10.8. The first-order valence-electron chi connectivity index (χ1n) is 5.25. The molecular weight excluding hydrogens is 182 g/mol. The maximum atomic E-state index is 10.8. The Morgan fingerprint density at radius 1 is 1.36 bits per heavy atom. The Kier molecular flexibility index (Phi) is 2.49. The Morgan fingerprint density at radius 3 is 2.36 bits per heavy atom. The molecule has 2 N–H and O–H groups in total. The van der Waals surface area contributed by atoms with Crippen LogP contribution in [0, 0.1) is 5.41 Å². The normalized spacial score (nSPS) is 27.5. The van der Waals surface area contributed by atoms with E-state index in [4.69, 9.17) is 10.2 Å². The van der Waals surface area contributed by atoms with Crippen molar-refractivity contribution in [1.82, 2.24) is 4.90 Å². The van der Waals surface area contributed by atoms with Gasteiger partial charge in [-0.2, -0.15) is 0 Å². The second-order valence-electron chi connectivity index (χ2n) is 4.65. The van der Waals surface area contributed by atoms with Crippen molar-refractivity contribution in [3.05, 3.63) is 0 Å². The van der Waals surface area contributed by atoms with E-state index in [0.717, 1.165) is 13.1 Å². The Hall–Kier alpha value is -0.610. The molecule has 1 heterocycles. The molecule has 1 unspecified atom stereocenters. The molecule has 2 rings (SSSR count). The van der Waals surface area contributed by atoms with E-state index in [0.29, 0.717) is 5.41 Å². The summed E-state index contributed by atoms with van der Waals surface area (Å²) in [6.07, 6.45) is 5.04. The number of likely N-dealkylation sites (tertiary alicyclic amines) is 1. The highest BCUT2D eigenvalue weighted by atomic mass is 16.4. The van der Waals surface area contributed by atoms with E-state index in [9.17, 15) is 4.79 Å². The minimum absolute atomic E-state index is 0.272. The van der Waals surface area contributed by atoms with Crippen LogP contribution in [0.1, 0.15) is 25.7 Å².